The predicted molar refractivity (Wildman–Crippen MR) is 72.1 cm³/mol. The number of carbonyl (C=O) groups excluding carboxylic acids is 1. The molecule has 0 bridgehead atoms. The SMILES string of the molecule is CCCc1ccc(CCC(=O)CCCCC(=O)O)o1. The van der Waals surface area contributed by atoms with Crippen molar-refractivity contribution >= 4 is 11.8 Å². The Labute approximate surface area is 113 Å². The van der Waals surface area contributed by atoms with Crippen molar-refractivity contribution in [2.45, 2.75) is 58.3 Å². The number of hydrogen-bond acceptors (Lipinski definition) is 3. The molecule has 1 heterocycles. The molecule has 1 rings (SSSR count). The number of aliphatic carboxylic acids is 1. The first-order chi connectivity index (χ1) is 9.11. The summed E-state index contributed by atoms with van der Waals surface area (Å²) in [4.78, 5) is 21.9. The number of furan rings is 1. The molecule has 1 aromatic rings. The Balaban J connectivity index is 2.16. The van der Waals surface area contributed by atoms with E-state index >= 15 is 0 Å². The molecule has 0 unspecified atom stereocenters. The summed E-state index contributed by atoms with van der Waals surface area (Å²) in [7, 11) is 0. The molecule has 0 spiro atoms. The topological polar surface area (TPSA) is 67.5 Å². The van der Waals surface area contributed by atoms with Crippen LogP contribution in [-0.4, -0.2) is 16.9 Å². The number of hydrogen-bond donors (Lipinski definition) is 1. The van der Waals surface area contributed by atoms with Crippen molar-refractivity contribution in [3.05, 3.63) is 23.7 Å². The summed E-state index contributed by atoms with van der Waals surface area (Å²) in [6.07, 6.45) is 4.95. The largest absolute Gasteiger partial charge is 0.481 e. The average molecular weight is 266 g/mol. The first-order valence-corrected chi connectivity index (χ1v) is 6.93. The maximum atomic E-state index is 11.6. The summed E-state index contributed by atoms with van der Waals surface area (Å²) < 4.78 is 5.60. The third kappa shape index (κ3) is 6.79. The molecule has 0 aliphatic rings. The third-order valence-electron chi connectivity index (χ3n) is 2.96. The van der Waals surface area contributed by atoms with Crippen LogP contribution in [0.3, 0.4) is 0 Å². The van der Waals surface area contributed by atoms with Crippen LogP contribution in [0.15, 0.2) is 16.5 Å². The predicted octanol–water partition coefficient (Wildman–Crippen LogP) is 3.38. The van der Waals surface area contributed by atoms with Gasteiger partial charge in [0.25, 0.3) is 0 Å². The highest BCUT2D eigenvalue weighted by atomic mass is 16.4. The lowest BCUT2D eigenvalue weighted by Gasteiger charge is -1.99. The van der Waals surface area contributed by atoms with E-state index in [-0.39, 0.29) is 12.2 Å². The standard InChI is InChI=1S/C15H22O4/c1-2-5-13-10-11-14(19-13)9-8-12(16)6-3-4-7-15(17)18/h10-11H,2-9H2,1H3,(H,17,18). The number of carboxylic acids is 1. The van der Waals surface area contributed by atoms with Crippen LogP contribution in [0.1, 0.15) is 57.0 Å². The van der Waals surface area contributed by atoms with Gasteiger partial charge in [-0.05, 0) is 31.4 Å². The minimum absolute atomic E-state index is 0.145. The highest BCUT2D eigenvalue weighted by Gasteiger charge is 2.06. The molecule has 0 radical (unpaired) electrons. The molecular formula is C15H22O4. The fourth-order valence-electron chi connectivity index (χ4n) is 1.92. The van der Waals surface area contributed by atoms with Crippen molar-refractivity contribution in [1.29, 1.82) is 0 Å². The van der Waals surface area contributed by atoms with Gasteiger partial charge in [-0.1, -0.05) is 6.92 Å². The molecule has 4 heteroatoms. The fraction of sp³-hybridized carbons (Fsp3) is 0.600. The molecule has 0 aliphatic carbocycles. The lowest BCUT2D eigenvalue weighted by Crippen LogP contribution is -2.01. The van der Waals surface area contributed by atoms with Crippen molar-refractivity contribution < 1.29 is 19.1 Å². The summed E-state index contributed by atoms with van der Waals surface area (Å²) in [6, 6.07) is 3.90. The van der Waals surface area contributed by atoms with Crippen LogP contribution in [0.5, 0.6) is 0 Å². The minimum atomic E-state index is -0.800. The Morgan fingerprint density at radius 1 is 1.05 bits per heavy atom. The van der Waals surface area contributed by atoms with Crippen molar-refractivity contribution in [3.63, 3.8) is 0 Å². The van der Waals surface area contributed by atoms with Crippen molar-refractivity contribution in [1.82, 2.24) is 0 Å². The molecule has 0 aromatic carbocycles. The van der Waals surface area contributed by atoms with Gasteiger partial charge >= 0.3 is 5.97 Å². The van der Waals surface area contributed by atoms with Crippen LogP contribution in [0, 0.1) is 0 Å². The monoisotopic (exact) mass is 266 g/mol. The number of ketones is 1. The average Bonchev–Trinajstić information content (AvgIpc) is 2.80. The maximum absolute atomic E-state index is 11.6. The zero-order valence-corrected chi connectivity index (χ0v) is 11.5. The molecule has 0 atom stereocenters. The number of unbranched alkanes of at least 4 members (excludes halogenated alkanes) is 1. The molecule has 0 saturated heterocycles. The van der Waals surface area contributed by atoms with Gasteiger partial charge in [0.1, 0.15) is 17.3 Å². The molecule has 1 aromatic heterocycles. The van der Waals surface area contributed by atoms with E-state index in [1.165, 1.54) is 0 Å². The highest BCUT2D eigenvalue weighted by molar-refractivity contribution is 5.78. The van der Waals surface area contributed by atoms with Gasteiger partial charge in [-0.15, -0.1) is 0 Å². The van der Waals surface area contributed by atoms with Gasteiger partial charge in [0, 0.05) is 32.1 Å². The van der Waals surface area contributed by atoms with Gasteiger partial charge in [0.15, 0.2) is 0 Å². The van der Waals surface area contributed by atoms with E-state index in [1.807, 2.05) is 12.1 Å². The van der Waals surface area contributed by atoms with Crippen molar-refractivity contribution in [2.24, 2.45) is 0 Å². The van der Waals surface area contributed by atoms with E-state index in [2.05, 4.69) is 6.92 Å². The first-order valence-electron chi connectivity index (χ1n) is 6.93. The molecule has 0 fully saturated rings. The Bertz CT molecular complexity index is 406. The van der Waals surface area contributed by atoms with Gasteiger partial charge in [-0.2, -0.15) is 0 Å². The van der Waals surface area contributed by atoms with E-state index in [0.29, 0.717) is 32.1 Å². The van der Waals surface area contributed by atoms with E-state index in [0.717, 1.165) is 24.4 Å². The number of carboxylic acid groups (broad SMARTS) is 1. The molecular weight excluding hydrogens is 244 g/mol. The number of Topliss-reactive ketones (excluding diaryl/α,β-unsaturated/α-hetero) is 1. The second kappa shape index (κ2) is 8.51. The Morgan fingerprint density at radius 2 is 1.68 bits per heavy atom. The van der Waals surface area contributed by atoms with Crippen molar-refractivity contribution in [2.75, 3.05) is 0 Å². The highest BCUT2D eigenvalue weighted by Crippen LogP contribution is 2.13. The molecule has 106 valence electrons. The molecule has 1 N–H and O–H groups in total. The molecule has 0 amide bonds. The van der Waals surface area contributed by atoms with Gasteiger partial charge < -0.3 is 9.52 Å². The smallest absolute Gasteiger partial charge is 0.303 e. The summed E-state index contributed by atoms with van der Waals surface area (Å²) in [5, 5.41) is 8.48. The van der Waals surface area contributed by atoms with E-state index in [4.69, 9.17) is 9.52 Å². The second-order valence-electron chi connectivity index (χ2n) is 4.76. The fourth-order valence-corrected chi connectivity index (χ4v) is 1.92. The summed E-state index contributed by atoms with van der Waals surface area (Å²) >= 11 is 0. The lowest BCUT2D eigenvalue weighted by atomic mass is 10.1. The Morgan fingerprint density at radius 3 is 2.32 bits per heavy atom. The summed E-state index contributed by atoms with van der Waals surface area (Å²) in [5.74, 6) is 1.22. The number of rotatable bonds is 10. The maximum Gasteiger partial charge on any atom is 0.303 e. The molecule has 4 nitrogen and oxygen atoms in total. The van der Waals surface area contributed by atoms with Gasteiger partial charge in [0.2, 0.25) is 0 Å². The summed E-state index contributed by atoms with van der Waals surface area (Å²) in [5.41, 5.74) is 0. The number of carbonyl (C=O) groups is 2. The van der Waals surface area contributed by atoms with Crippen molar-refractivity contribution in [3.8, 4) is 0 Å². The number of aryl methyl sites for hydroxylation is 2. The van der Waals surface area contributed by atoms with Crippen LogP contribution < -0.4 is 0 Å². The zero-order chi connectivity index (χ0) is 14.1. The van der Waals surface area contributed by atoms with Crippen LogP contribution in [0.4, 0.5) is 0 Å². The molecule has 0 saturated carbocycles. The Kier molecular flexibility index (Phi) is 6.93. The lowest BCUT2D eigenvalue weighted by molar-refractivity contribution is -0.137. The second-order valence-corrected chi connectivity index (χ2v) is 4.76. The summed E-state index contributed by atoms with van der Waals surface area (Å²) in [6.45, 7) is 2.10. The van der Waals surface area contributed by atoms with Crippen LogP contribution in [0.25, 0.3) is 0 Å². The van der Waals surface area contributed by atoms with Crippen LogP contribution in [0.2, 0.25) is 0 Å². The minimum Gasteiger partial charge on any atom is -0.481 e. The normalized spacial score (nSPS) is 10.6. The van der Waals surface area contributed by atoms with Gasteiger partial charge in [-0.3, -0.25) is 9.59 Å². The van der Waals surface area contributed by atoms with Crippen LogP contribution >= 0.6 is 0 Å². The third-order valence-corrected chi connectivity index (χ3v) is 2.96. The van der Waals surface area contributed by atoms with E-state index in [1.54, 1.807) is 0 Å². The quantitative estimate of drug-likeness (QED) is 0.659. The van der Waals surface area contributed by atoms with Crippen LogP contribution in [-0.2, 0) is 22.4 Å². The van der Waals surface area contributed by atoms with E-state index < -0.39 is 5.97 Å². The Hall–Kier alpha value is -1.58. The molecule has 0 aliphatic heterocycles. The van der Waals surface area contributed by atoms with Gasteiger partial charge in [-0.25, -0.2) is 0 Å². The van der Waals surface area contributed by atoms with E-state index in [9.17, 15) is 9.59 Å². The zero-order valence-electron chi connectivity index (χ0n) is 11.5. The van der Waals surface area contributed by atoms with Gasteiger partial charge in [0.05, 0.1) is 0 Å². The molecule has 19 heavy (non-hydrogen) atoms. The first kappa shape index (κ1) is 15.5.